The lowest BCUT2D eigenvalue weighted by atomic mass is 9.55. The van der Waals surface area contributed by atoms with Crippen molar-refractivity contribution >= 4 is 69.5 Å². The molecular formula is C51H58Cl2FN7O7. The van der Waals surface area contributed by atoms with Crippen molar-refractivity contribution in [1.29, 1.82) is 0 Å². The SMILES string of the molecule is Cn1c(=O)n(C2CCC(=O)NC2=O)c2ccc(CC(=O)OCC3CCN(CC4CCC(NC(=O)[C@@H]5NC6(CCCCC6)[C@@]6(C(=O)Nc7cc(Cl)ccc76)[C@H]5c5cccc(Cl)c5F)CC4)CC3)cc21. The van der Waals surface area contributed by atoms with Crippen molar-refractivity contribution in [2.75, 3.05) is 31.6 Å². The summed E-state index contributed by atoms with van der Waals surface area (Å²) in [6, 6.07) is 13.8. The van der Waals surface area contributed by atoms with E-state index in [2.05, 4.69) is 26.2 Å². The van der Waals surface area contributed by atoms with Gasteiger partial charge in [-0.15, -0.1) is 0 Å². The molecule has 4 N–H and O–H groups in total. The number of hydrogen-bond donors (Lipinski definition) is 4. The average Bonchev–Trinajstić information content (AvgIpc) is 3.87. The number of halogens is 3. The van der Waals surface area contributed by atoms with Crippen LogP contribution in [0.15, 0.2) is 59.4 Å². The summed E-state index contributed by atoms with van der Waals surface area (Å²) in [5, 5.41) is 13.0. The van der Waals surface area contributed by atoms with Crippen LogP contribution in [-0.2, 0) is 47.6 Å². The third-order valence-electron chi connectivity index (χ3n) is 16.2. The predicted molar refractivity (Wildman–Crippen MR) is 255 cm³/mol. The number of carbonyl (C=O) groups excluding carboxylic acids is 5. The van der Waals surface area contributed by atoms with Gasteiger partial charge in [0.05, 0.1) is 35.1 Å². The van der Waals surface area contributed by atoms with E-state index < -0.39 is 40.7 Å². The highest BCUT2D eigenvalue weighted by molar-refractivity contribution is 6.31. The van der Waals surface area contributed by atoms with Crippen LogP contribution in [0.4, 0.5) is 10.1 Å². The van der Waals surface area contributed by atoms with Crippen molar-refractivity contribution in [2.45, 2.75) is 125 Å². The number of aryl methyl sites for hydroxylation is 1. The minimum atomic E-state index is -1.27. The molecule has 1 unspecified atom stereocenters. The maximum Gasteiger partial charge on any atom is 0.329 e. The molecule has 5 fully saturated rings. The average molecular weight is 971 g/mol. The fourth-order valence-corrected chi connectivity index (χ4v) is 13.2. The van der Waals surface area contributed by atoms with Gasteiger partial charge < -0.3 is 20.3 Å². The van der Waals surface area contributed by atoms with Gasteiger partial charge in [0.1, 0.15) is 17.3 Å². The number of ether oxygens (including phenoxy) is 1. The zero-order chi connectivity index (χ0) is 47.5. The topological polar surface area (TPSA) is 173 Å². The minimum Gasteiger partial charge on any atom is -0.465 e. The molecule has 10 rings (SSSR count). The van der Waals surface area contributed by atoms with E-state index in [0.29, 0.717) is 52.7 Å². The number of fused-ring (bicyclic) bond motifs is 4. The van der Waals surface area contributed by atoms with Crippen LogP contribution >= 0.6 is 23.2 Å². The summed E-state index contributed by atoms with van der Waals surface area (Å²) in [6.07, 6.45) is 9.92. The Labute approximate surface area is 404 Å². The molecule has 2 saturated carbocycles. The van der Waals surface area contributed by atoms with E-state index >= 15 is 4.39 Å². The number of rotatable bonds is 10. The normalized spacial score (nSPS) is 27.4. The number of piperidine rings is 2. The van der Waals surface area contributed by atoms with E-state index in [1.54, 1.807) is 49.5 Å². The summed E-state index contributed by atoms with van der Waals surface area (Å²) >= 11 is 12.9. The first-order valence-electron chi connectivity index (χ1n) is 24.3. The number of aromatic nitrogens is 2. The van der Waals surface area contributed by atoms with Crippen molar-refractivity contribution in [3.8, 4) is 0 Å². The molecule has 2 spiro atoms. The first-order valence-corrected chi connectivity index (χ1v) is 25.1. The summed E-state index contributed by atoms with van der Waals surface area (Å²) in [7, 11) is 1.63. The van der Waals surface area contributed by atoms with Crippen molar-refractivity contribution in [2.24, 2.45) is 18.9 Å². The van der Waals surface area contributed by atoms with Gasteiger partial charge in [-0.25, -0.2) is 9.18 Å². The van der Waals surface area contributed by atoms with Gasteiger partial charge in [0.15, 0.2) is 0 Å². The third kappa shape index (κ3) is 8.24. The number of likely N-dealkylation sites (tertiary alicyclic amines) is 1. The monoisotopic (exact) mass is 969 g/mol. The van der Waals surface area contributed by atoms with Crippen LogP contribution in [-0.4, -0.2) is 87.5 Å². The number of imide groups is 1. The van der Waals surface area contributed by atoms with Gasteiger partial charge in [0.2, 0.25) is 23.6 Å². The van der Waals surface area contributed by atoms with Crippen LogP contribution in [0.3, 0.4) is 0 Å². The fourth-order valence-electron chi connectivity index (χ4n) is 12.9. The number of amides is 4. The Morgan fingerprint density at radius 1 is 0.868 bits per heavy atom. The van der Waals surface area contributed by atoms with E-state index in [0.717, 1.165) is 83.0 Å². The van der Waals surface area contributed by atoms with Gasteiger partial charge in [-0.2, -0.15) is 0 Å². The minimum absolute atomic E-state index is 0.0524. The van der Waals surface area contributed by atoms with E-state index in [9.17, 15) is 28.8 Å². The van der Waals surface area contributed by atoms with E-state index in [4.69, 9.17) is 27.9 Å². The molecular weight excluding hydrogens is 913 g/mol. The molecule has 3 aromatic carbocycles. The molecule has 2 aliphatic carbocycles. The van der Waals surface area contributed by atoms with Crippen LogP contribution in [0.25, 0.3) is 11.0 Å². The second-order valence-electron chi connectivity index (χ2n) is 20.2. The second kappa shape index (κ2) is 18.7. The van der Waals surface area contributed by atoms with E-state index in [-0.39, 0.29) is 71.2 Å². The van der Waals surface area contributed by atoms with Gasteiger partial charge >= 0.3 is 11.7 Å². The quantitative estimate of drug-likeness (QED) is 0.101. The van der Waals surface area contributed by atoms with Gasteiger partial charge in [0.25, 0.3) is 0 Å². The molecule has 360 valence electrons. The molecule has 14 nitrogen and oxygen atoms in total. The fraction of sp³-hybridized carbons (Fsp3) is 0.529. The van der Waals surface area contributed by atoms with Crippen LogP contribution in [0.2, 0.25) is 10.0 Å². The molecule has 5 heterocycles. The van der Waals surface area contributed by atoms with Gasteiger partial charge in [-0.05, 0) is 130 Å². The molecule has 68 heavy (non-hydrogen) atoms. The summed E-state index contributed by atoms with van der Waals surface area (Å²) in [6.45, 7) is 3.13. The number of esters is 1. The maximum atomic E-state index is 16.3. The Bertz CT molecular complexity index is 2740. The molecule has 4 aromatic rings. The van der Waals surface area contributed by atoms with E-state index in [1.165, 1.54) is 15.2 Å². The zero-order valence-corrected chi connectivity index (χ0v) is 39.7. The van der Waals surface area contributed by atoms with Gasteiger partial charge in [0, 0.05) is 48.2 Å². The number of hydrogen-bond acceptors (Lipinski definition) is 9. The van der Waals surface area contributed by atoms with Crippen molar-refractivity contribution in [3.63, 3.8) is 0 Å². The molecule has 0 bridgehead atoms. The Balaban J connectivity index is 0.726. The van der Waals surface area contributed by atoms with Crippen LogP contribution in [0.5, 0.6) is 0 Å². The molecule has 17 heteroatoms. The Kier molecular flexibility index (Phi) is 12.8. The predicted octanol–water partition coefficient (Wildman–Crippen LogP) is 6.58. The Morgan fingerprint density at radius 2 is 1.63 bits per heavy atom. The largest absolute Gasteiger partial charge is 0.465 e. The van der Waals surface area contributed by atoms with Crippen LogP contribution < -0.4 is 27.0 Å². The lowest BCUT2D eigenvalue weighted by Gasteiger charge is -2.47. The van der Waals surface area contributed by atoms with Crippen molar-refractivity contribution < 1.29 is 33.1 Å². The number of carbonyl (C=O) groups is 5. The first kappa shape index (κ1) is 46.6. The highest BCUT2D eigenvalue weighted by Crippen LogP contribution is 2.63. The lowest BCUT2D eigenvalue weighted by Crippen LogP contribution is -2.60. The first-order chi connectivity index (χ1) is 32.8. The lowest BCUT2D eigenvalue weighted by molar-refractivity contribution is -0.144. The highest BCUT2D eigenvalue weighted by Gasteiger charge is 2.72. The summed E-state index contributed by atoms with van der Waals surface area (Å²) < 4.78 is 25.0. The summed E-state index contributed by atoms with van der Waals surface area (Å²) in [4.78, 5) is 82.3. The highest BCUT2D eigenvalue weighted by atomic mass is 35.5. The molecule has 3 saturated heterocycles. The number of nitrogens with zero attached hydrogens (tertiary/aromatic N) is 3. The molecule has 4 aliphatic heterocycles. The van der Waals surface area contributed by atoms with Crippen molar-refractivity contribution in [3.05, 3.63) is 97.6 Å². The molecule has 4 amide bonds. The molecule has 1 aromatic heterocycles. The Hall–Kier alpha value is -5.09. The number of benzene rings is 3. The Morgan fingerprint density at radius 3 is 2.38 bits per heavy atom. The van der Waals surface area contributed by atoms with E-state index in [1.807, 2.05) is 6.07 Å². The smallest absolute Gasteiger partial charge is 0.329 e. The zero-order valence-electron chi connectivity index (χ0n) is 38.2. The van der Waals surface area contributed by atoms with Gasteiger partial charge in [-0.1, -0.05) is 66.7 Å². The number of nitrogens with one attached hydrogen (secondary N) is 4. The molecule has 4 atom stereocenters. The van der Waals surface area contributed by atoms with Crippen molar-refractivity contribution in [1.82, 2.24) is 30.0 Å². The molecule has 6 aliphatic rings. The van der Waals surface area contributed by atoms with Crippen LogP contribution in [0, 0.1) is 17.7 Å². The molecule has 0 radical (unpaired) electrons. The number of imidazole rings is 1. The maximum absolute atomic E-state index is 16.3. The standard InChI is InChI=1S/C51H58Cl2FN7O7/c1-59-40-24-31(10-15-38(40)61(49(59)67)39-16-17-41(62)57-46(39)64)25-42(63)68-28-30-18-22-60(23-19-30)27-29-8-12-33(13-9-29)55-47(65)45-43(34-6-5-7-36(53)44(34)54)51(50(58-45)20-3-2-4-21-50)35-14-11-32(52)26-37(35)56-48(51)66/h5-7,10-11,14-15,24,26,29-30,33,39,43,45,58H,2-4,8-9,12-13,16-23,25,27-28H2,1H3,(H,55,65)(H,56,66)(H,57,62,64)/t29?,33?,39?,43-,45+,51+/m0/s1. The van der Waals surface area contributed by atoms with Gasteiger partial charge in [-0.3, -0.25) is 43.7 Å². The summed E-state index contributed by atoms with van der Waals surface area (Å²) in [5.74, 6) is -2.41. The second-order valence-corrected chi connectivity index (χ2v) is 21.0. The van der Waals surface area contributed by atoms with Crippen LogP contribution in [0.1, 0.15) is 112 Å². The third-order valence-corrected chi connectivity index (χ3v) is 16.8. The number of anilines is 1. The summed E-state index contributed by atoms with van der Waals surface area (Å²) in [5.41, 5.74) is 1.01.